The minimum Gasteiger partial charge on any atom is -0.337 e. The molecule has 1 aliphatic rings. The van der Waals surface area contributed by atoms with Crippen molar-refractivity contribution in [2.75, 3.05) is 13.1 Å². The predicted octanol–water partition coefficient (Wildman–Crippen LogP) is 1.55. The van der Waals surface area contributed by atoms with E-state index >= 15 is 0 Å². The first-order valence-corrected chi connectivity index (χ1v) is 6.03. The Balaban J connectivity index is 2.04. The molecule has 1 aliphatic heterocycles. The molecule has 1 saturated heterocycles. The Bertz CT molecular complexity index is 481. The minimum absolute atomic E-state index is 0.0949. The zero-order chi connectivity index (χ0) is 13.2. The zero-order valence-electron chi connectivity index (χ0n) is 10.7. The fourth-order valence-corrected chi connectivity index (χ4v) is 1.98. The summed E-state index contributed by atoms with van der Waals surface area (Å²) >= 11 is 0. The predicted molar refractivity (Wildman–Crippen MR) is 65.6 cm³/mol. The van der Waals surface area contributed by atoms with E-state index in [0.29, 0.717) is 31.6 Å². The van der Waals surface area contributed by atoms with Crippen LogP contribution in [-0.4, -0.2) is 33.9 Å². The molecule has 1 fully saturated rings. The highest BCUT2D eigenvalue weighted by Gasteiger charge is 2.32. The van der Waals surface area contributed by atoms with Crippen LogP contribution in [0.3, 0.4) is 0 Å². The number of nitriles is 1. The standard InChI is InChI=1S/C13H16N4O/c1-10-7-16-11(8-15-10)12(18)17-5-3-13(2,9-14)4-6-17/h7-8H,3-6H2,1-2H3. The molecule has 0 bridgehead atoms. The first kappa shape index (κ1) is 12.5. The first-order chi connectivity index (χ1) is 8.54. The van der Waals surface area contributed by atoms with Gasteiger partial charge in [0.25, 0.3) is 5.91 Å². The van der Waals surface area contributed by atoms with Crippen LogP contribution < -0.4 is 0 Å². The van der Waals surface area contributed by atoms with Crippen LogP contribution in [0.15, 0.2) is 12.4 Å². The highest BCUT2D eigenvalue weighted by molar-refractivity contribution is 5.92. The molecule has 2 rings (SSSR count). The maximum Gasteiger partial charge on any atom is 0.274 e. The average molecular weight is 244 g/mol. The third-order valence-corrected chi connectivity index (χ3v) is 3.42. The van der Waals surface area contributed by atoms with Crippen LogP contribution in [-0.2, 0) is 0 Å². The summed E-state index contributed by atoms with van der Waals surface area (Å²) in [6.45, 7) is 5.00. The van der Waals surface area contributed by atoms with Crippen molar-refractivity contribution in [3.63, 3.8) is 0 Å². The second kappa shape index (κ2) is 4.73. The topological polar surface area (TPSA) is 69.9 Å². The van der Waals surface area contributed by atoms with Crippen molar-refractivity contribution in [3.05, 3.63) is 23.8 Å². The Morgan fingerprint density at radius 2 is 2.06 bits per heavy atom. The van der Waals surface area contributed by atoms with Crippen molar-refractivity contribution in [1.82, 2.24) is 14.9 Å². The number of hydrogen-bond acceptors (Lipinski definition) is 4. The number of likely N-dealkylation sites (tertiary alicyclic amines) is 1. The van der Waals surface area contributed by atoms with Crippen molar-refractivity contribution in [2.24, 2.45) is 5.41 Å². The van der Waals surface area contributed by atoms with Gasteiger partial charge in [0.15, 0.2) is 0 Å². The highest BCUT2D eigenvalue weighted by atomic mass is 16.2. The van der Waals surface area contributed by atoms with E-state index in [9.17, 15) is 4.79 Å². The van der Waals surface area contributed by atoms with Gasteiger partial charge in [-0.2, -0.15) is 5.26 Å². The van der Waals surface area contributed by atoms with Crippen LogP contribution in [0.5, 0.6) is 0 Å². The molecule has 0 radical (unpaired) electrons. The Morgan fingerprint density at radius 3 is 2.56 bits per heavy atom. The number of piperidine rings is 1. The van der Waals surface area contributed by atoms with Gasteiger partial charge in [-0.15, -0.1) is 0 Å². The average Bonchev–Trinajstić information content (AvgIpc) is 2.40. The Hall–Kier alpha value is -1.96. The molecule has 1 amide bonds. The number of aromatic nitrogens is 2. The van der Waals surface area contributed by atoms with Crippen molar-refractivity contribution in [1.29, 1.82) is 5.26 Å². The van der Waals surface area contributed by atoms with Crippen LogP contribution in [0.25, 0.3) is 0 Å². The summed E-state index contributed by atoms with van der Waals surface area (Å²) in [5.41, 5.74) is 0.874. The normalized spacial score (nSPS) is 18.2. The summed E-state index contributed by atoms with van der Waals surface area (Å²) in [6.07, 6.45) is 4.54. The Kier molecular flexibility index (Phi) is 3.28. The molecule has 0 aromatic carbocycles. The lowest BCUT2D eigenvalue weighted by Crippen LogP contribution is -2.42. The zero-order valence-corrected chi connectivity index (χ0v) is 10.7. The van der Waals surface area contributed by atoms with Crippen molar-refractivity contribution in [2.45, 2.75) is 26.7 Å². The third kappa shape index (κ3) is 2.48. The maximum atomic E-state index is 12.2. The van der Waals surface area contributed by atoms with Crippen LogP contribution in [0, 0.1) is 23.7 Å². The van der Waals surface area contributed by atoms with Gasteiger partial charge in [-0.25, -0.2) is 4.98 Å². The van der Waals surface area contributed by atoms with E-state index in [0.717, 1.165) is 5.69 Å². The smallest absolute Gasteiger partial charge is 0.274 e. The number of aryl methyl sites for hydroxylation is 1. The summed E-state index contributed by atoms with van der Waals surface area (Å²) in [4.78, 5) is 22.1. The third-order valence-electron chi connectivity index (χ3n) is 3.42. The molecule has 0 aliphatic carbocycles. The molecule has 18 heavy (non-hydrogen) atoms. The van der Waals surface area contributed by atoms with Gasteiger partial charge >= 0.3 is 0 Å². The van der Waals surface area contributed by atoms with Crippen LogP contribution >= 0.6 is 0 Å². The summed E-state index contributed by atoms with van der Waals surface area (Å²) in [5.74, 6) is -0.0949. The number of amides is 1. The van der Waals surface area contributed by atoms with Gasteiger partial charge in [-0.1, -0.05) is 0 Å². The first-order valence-electron chi connectivity index (χ1n) is 6.03. The van der Waals surface area contributed by atoms with Gasteiger partial charge in [0.05, 0.1) is 23.4 Å². The molecule has 94 valence electrons. The van der Waals surface area contributed by atoms with E-state index < -0.39 is 0 Å². The van der Waals surface area contributed by atoms with Gasteiger partial charge in [-0.3, -0.25) is 9.78 Å². The number of carbonyl (C=O) groups excluding carboxylic acids is 1. The lowest BCUT2D eigenvalue weighted by molar-refractivity contribution is 0.0655. The van der Waals surface area contributed by atoms with E-state index in [-0.39, 0.29) is 11.3 Å². The Morgan fingerprint density at radius 1 is 1.39 bits per heavy atom. The molecule has 0 unspecified atom stereocenters. The highest BCUT2D eigenvalue weighted by Crippen LogP contribution is 2.30. The number of nitrogens with zero attached hydrogens (tertiary/aromatic N) is 4. The number of rotatable bonds is 1. The number of carbonyl (C=O) groups is 1. The summed E-state index contributed by atoms with van der Waals surface area (Å²) < 4.78 is 0. The van der Waals surface area contributed by atoms with Crippen molar-refractivity contribution in [3.8, 4) is 6.07 Å². The van der Waals surface area contributed by atoms with Gasteiger partial charge in [0.1, 0.15) is 5.69 Å². The number of hydrogen-bond donors (Lipinski definition) is 0. The van der Waals surface area contributed by atoms with Crippen LogP contribution in [0.1, 0.15) is 35.9 Å². The van der Waals surface area contributed by atoms with Gasteiger partial charge in [-0.05, 0) is 26.7 Å². The van der Waals surface area contributed by atoms with E-state index in [1.807, 2.05) is 13.8 Å². The van der Waals surface area contributed by atoms with Gasteiger partial charge in [0, 0.05) is 19.3 Å². The summed E-state index contributed by atoms with van der Waals surface area (Å²) in [7, 11) is 0. The molecule has 0 saturated carbocycles. The lowest BCUT2D eigenvalue weighted by atomic mass is 9.82. The van der Waals surface area contributed by atoms with Gasteiger partial charge < -0.3 is 4.90 Å². The molecule has 1 aromatic rings. The molecular formula is C13H16N4O. The van der Waals surface area contributed by atoms with E-state index in [1.165, 1.54) is 6.20 Å². The van der Waals surface area contributed by atoms with E-state index in [4.69, 9.17) is 5.26 Å². The van der Waals surface area contributed by atoms with E-state index in [2.05, 4.69) is 16.0 Å². The van der Waals surface area contributed by atoms with Crippen molar-refractivity contribution < 1.29 is 4.79 Å². The fraction of sp³-hybridized carbons (Fsp3) is 0.538. The van der Waals surface area contributed by atoms with Crippen LogP contribution in [0.2, 0.25) is 0 Å². The molecule has 0 atom stereocenters. The molecule has 2 heterocycles. The molecular weight excluding hydrogens is 228 g/mol. The largest absolute Gasteiger partial charge is 0.337 e. The SMILES string of the molecule is Cc1cnc(C(=O)N2CCC(C)(C#N)CC2)cn1. The van der Waals surface area contributed by atoms with E-state index in [1.54, 1.807) is 11.1 Å². The minimum atomic E-state index is -0.296. The molecule has 5 nitrogen and oxygen atoms in total. The molecule has 5 heteroatoms. The Labute approximate surface area is 106 Å². The maximum absolute atomic E-state index is 12.2. The van der Waals surface area contributed by atoms with Crippen LogP contribution in [0.4, 0.5) is 0 Å². The quantitative estimate of drug-likeness (QED) is 0.751. The molecule has 1 aromatic heterocycles. The fourth-order valence-electron chi connectivity index (χ4n) is 1.98. The molecule has 0 N–H and O–H groups in total. The second-order valence-corrected chi connectivity index (χ2v) is 5.01. The van der Waals surface area contributed by atoms with Gasteiger partial charge in [0.2, 0.25) is 0 Å². The lowest BCUT2D eigenvalue weighted by Gasteiger charge is -2.34. The summed E-state index contributed by atoms with van der Waals surface area (Å²) in [6, 6.07) is 2.32. The molecule has 0 spiro atoms. The summed E-state index contributed by atoms with van der Waals surface area (Å²) in [5, 5.41) is 9.05. The second-order valence-electron chi connectivity index (χ2n) is 5.01. The van der Waals surface area contributed by atoms with Crippen molar-refractivity contribution >= 4 is 5.91 Å². The monoisotopic (exact) mass is 244 g/mol.